The lowest BCUT2D eigenvalue weighted by molar-refractivity contribution is 0.252. The van der Waals surface area contributed by atoms with E-state index < -0.39 is 0 Å². The van der Waals surface area contributed by atoms with Crippen molar-refractivity contribution in [3.8, 4) is 0 Å². The zero-order chi connectivity index (χ0) is 18.6. The molecule has 0 saturated carbocycles. The highest BCUT2D eigenvalue weighted by molar-refractivity contribution is 5.89. The maximum atomic E-state index is 11.6. The average molecular weight is 359 g/mol. The number of nitrogens with one attached hydrogen (secondary N) is 3. The summed E-state index contributed by atoms with van der Waals surface area (Å²) in [6.45, 7) is 2.38. The fraction of sp³-hybridized carbons (Fsp3) is 0.105. The van der Waals surface area contributed by atoms with Crippen LogP contribution in [0.1, 0.15) is 6.92 Å². The minimum absolute atomic E-state index is 0.309. The summed E-state index contributed by atoms with van der Waals surface area (Å²) in [6, 6.07) is 12.9. The van der Waals surface area contributed by atoms with Gasteiger partial charge in [0.05, 0.1) is 11.7 Å². The summed E-state index contributed by atoms with van der Waals surface area (Å²) in [4.78, 5) is 29.2. The topological polar surface area (TPSA) is 105 Å². The van der Waals surface area contributed by atoms with Gasteiger partial charge in [-0.05, 0) is 43.3 Å². The minimum atomic E-state index is -0.309. The van der Waals surface area contributed by atoms with Gasteiger partial charge in [-0.15, -0.1) is 0 Å². The zero-order valence-corrected chi connectivity index (χ0v) is 14.6. The SMILES string of the molecule is CCNC(=O)Nc1ccc2ncc(Nc3ccc4ncccc4c3)nc2n1. The van der Waals surface area contributed by atoms with E-state index in [1.54, 1.807) is 24.5 Å². The Labute approximate surface area is 155 Å². The summed E-state index contributed by atoms with van der Waals surface area (Å²) in [5.74, 6) is 0.977. The van der Waals surface area contributed by atoms with Crippen molar-refractivity contribution in [3.63, 3.8) is 0 Å². The van der Waals surface area contributed by atoms with E-state index in [1.807, 2.05) is 37.3 Å². The summed E-state index contributed by atoms with van der Waals surface area (Å²) in [5.41, 5.74) is 2.89. The third-order valence-electron chi connectivity index (χ3n) is 3.86. The molecule has 8 heteroatoms. The van der Waals surface area contributed by atoms with Crippen LogP contribution >= 0.6 is 0 Å². The van der Waals surface area contributed by atoms with Crippen molar-refractivity contribution >= 4 is 45.4 Å². The second-order valence-electron chi connectivity index (χ2n) is 5.81. The fourth-order valence-corrected chi connectivity index (χ4v) is 2.65. The number of hydrogen-bond donors (Lipinski definition) is 3. The third kappa shape index (κ3) is 3.74. The normalized spacial score (nSPS) is 10.7. The number of urea groups is 1. The predicted octanol–water partition coefficient (Wildman–Crippen LogP) is 3.46. The van der Waals surface area contributed by atoms with Crippen LogP contribution in [-0.2, 0) is 0 Å². The highest BCUT2D eigenvalue weighted by Crippen LogP contribution is 2.21. The summed E-state index contributed by atoms with van der Waals surface area (Å²) in [7, 11) is 0. The molecule has 4 aromatic rings. The van der Waals surface area contributed by atoms with E-state index in [4.69, 9.17) is 0 Å². The maximum absolute atomic E-state index is 11.6. The first-order chi connectivity index (χ1) is 13.2. The molecule has 0 saturated heterocycles. The largest absolute Gasteiger partial charge is 0.339 e. The quantitative estimate of drug-likeness (QED) is 0.515. The molecule has 3 aromatic heterocycles. The molecule has 4 rings (SSSR count). The number of anilines is 3. The van der Waals surface area contributed by atoms with Crippen molar-refractivity contribution < 1.29 is 4.79 Å². The molecule has 8 nitrogen and oxygen atoms in total. The molecule has 0 radical (unpaired) electrons. The number of aromatic nitrogens is 4. The van der Waals surface area contributed by atoms with Crippen molar-refractivity contribution in [3.05, 3.63) is 54.9 Å². The molecule has 0 fully saturated rings. The molecule has 0 spiro atoms. The van der Waals surface area contributed by atoms with Crippen molar-refractivity contribution in [2.45, 2.75) is 6.92 Å². The van der Waals surface area contributed by atoms with E-state index in [9.17, 15) is 4.79 Å². The molecule has 27 heavy (non-hydrogen) atoms. The Hall–Kier alpha value is -3.81. The Balaban J connectivity index is 1.60. The van der Waals surface area contributed by atoms with Crippen molar-refractivity contribution in [2.75, 3.05) is 17.2 Å². The molecule has 0 aliphatic heterocycles. The van der Waals surface area contributed by atoms with Gasteiger partial charge in [-0.2, -0.15) is 0 Å². The summed E-state index contributed by atoms with van der Waals surface area (Å²) >= 11 is 0. The number of hydrogen-bond acceptors (Lipinski definition) is 6. The smallest absolute Gasteiger partial charge is 0.320 e. The molecule has 3 N–H and O–H groups in total. The highest BCUT2D eigenvalue weighted by Gasteiger charge is 2.06. The van der Waals surface area contributed by atoms with Gasteiger partial charge < -0.3 is 10.6 Å². The number of nitrogens with zero attached hydrogens (tertiary/aromatic N) is 4. The van der Waals surface area contributed by atoms with Gasteiger partial charge in [-0.3, -0.25) is 10.3 Å². The van der Waals surface area contributed by atoms with Gasteiger partial charge in [0.2, 0.25) is 0 Å². The van der Waals surface area contributed by atoms with E-state index in [-0.39, 0.29) is 6.03 Å². The monoisotopic (exact) mass is 359 g/mol. The highest BCUT2D eigenvalue weighted by atomic mass is 16.2. The van der Waals surface area contributed by atoms with Crippen LogP contribution in [0.15, 0.2) is 54.9 Å². The van der Waals surface area contributed by atoms with Gasteiger partial charge in [0.1, 0.15) is 11.3 Å². The van der Waals surface area contributed by atoms with Gasteiger partial charge in [-0.1, -0.05) is 6.07 Å². The standard InChI is InChI=1S/C19H17N7O/c1-2-20-19(27)26-16-8-7-15-18(24-16)25-17(11-22-15)23-13-5-6-14-12(10-13)4-3-9-21-14/h3-11H,2H2,1H3,(H3,20,23,24,25,26,27). The molecular formula is C19H17N7O. The summed E-state index contributed by atoms with van der Waals surface area (Å²) < 4.78 is 0. The lowest BCUT2D eigenvalue weighted by Crippen LogP contribution is -2.28. The first kappa shape index (κ1) is 16.6. The van der Waals surface area contributed by atoms with Gasteiger partial charge in [-0.25, -0.2) is 19.7 Å². The Morgan fingerprint density at radius 1 is 1.00 bits per heavy atom. The maximum Gasteiger partial charge on any atom is 0.320 e. The Morgan fingerprint density at radius 2 is 1.85 bits per heavy atom. The van der Waals surface area contributed by atoms with Gasteiger partial charge in [0.15, 0.2) is 11.5 Å². The van der Waals surface area contributed by atoms with Crippen molar-refractivity contribution in [2.24, 2.45) is 0 Å². The van der Waals surface area contributed by atoms with Crippen LogP contribution in [0.25, 0.3) is 22.1 Å². The fourth-order valence-electron chi connectivity index (χ4n) is 2.65. The molecule has 2 amide bonds. The van der Waals surface area contributed by atoms with Crippen LogP contribution in [0.3, 0.4) is 0 Å². The molecule has 1 aromatic carbocycles. The van der Waals surface area contributed by atoms with Crippen LogP contribution in [0.4, 0.5) is 22.1 Å². The Morgan fingerprint density at radius 3 is 2.74 bits per heavy atom. The first-order valence-corrected chi connectivity index (χ1v) is 8.52. The van der Waals surface area contributed by atoms with E-state index in [0.29, 0.717) is 29.3 Å². The molecule has 3 heterocycles. The first-order valence-electron chi connectivity index (χ1n) is 8.52. The predicted molar refractivity (Wildman–Crippen MR) is 105 cm³/mol. The number of benzene rings is 1. The summed E-state index contributed by atoms with van der Waals surface area (Å²) in [6.07, 6.45) is 3.41. The summed E-state index contributed by atoms with van der Waals surface area (Å²) in [5, 5.41) is 9.58. The Kier molecular flexibility index (Phi) is 4.44. The molecule has 134 valence electrons. The number of fused-ring (bicyclic) bond motifs is 2. The third-order valence-corrected chi connectivity index (χ3v) is 3.86. The number of pyridine rings is 2. The van der Waals surface area contributed by atoms with Gasteiger partial charge in [0, 0.05) is 23.8 Å². The lowest BCUT2D eigenvalue weighted by atomic mass is 10.2. The molecule has 0 bridgehead atoms. The van der Waals surface area contributed by atoms with Crippen LogP contribution in [0, 0.1) is 0 Å². The van der Waals surface area contributed by atoms with Gasteiger partial charge >= 0.3 is 6.03 Å². The van der Waals surface area contributed by atoms with E-state index >= 15 is 0 Å². The number of carbonyl (C=O) groups excluding carboxylic acids is 1. The van der Waals surface area contributed by atoms with Crippen molar-refractivity contribution in [1.29, 1.82) is 0 Å². The Bertz CT molecular complexity index is 1130. The number of rotatable bonds is 4. The molecular weight excluding hydrogens is 342 g/mol. The van der Waals surface area contributed by atoms with E-state index in [1.165, 1.54) is 0 Å². The second kappa shape index (κ2) is 7.20. The molecule has 0 unspecified atom stereocenters. The average Bonchev–Trinajstić information content (AvgIpc) is 2.68. The zero-order valence-electron chi connectivity index (χ0n) is 14.6. The van der Waals surface area contributed by atoms with Crippen molar-refractivity contribution in [1.82, 2.24) is 25.3 Å². The molecule has 0 aliphatic rings. The van der Waals surface area contributed by atoms with Crippen LogP contribution in [-0.4, -0.2) is 32.5 Å². The lowest BCUT2D eigenvalue weighted by Gasteiger charge is -2.08. The van der Waals surface area contributed by atoms with Crippen LogP contribution < -0.4 is 16.0 Å². The van der Waals surface area contributed by atoms with E-state index in [0.717, 1.165) is 16.6 Å². The molecule has 0 atom stereocenters. The molecule has 0 aliphatic carbocycles. The van der Waals surface area contributed by atoms with Crippen LogP contribution in [0.2, 0.25) is 0 Å². The number of amides is 2. The second-order valence-corrected chi connectivity index (χ2v) is 5.81. The van der Waals surface area contributed by atoms with E-state index in [2.05, 4.69) is 35.9 Å². The van der Waals surface area contributed by atoms with Crippen LogP contribution in [0.5, 0.6) is 0 Å². The minimum Gasteiger partial charge on any atom is -0.339 e. The van der Waals surface area contributed by atoms with Gasteiger partial charge in [0.25, 0.3) is 0 Å². The number of carbonyl (C=O) groups is 1.